The molecule has 0 saturated carbocycles. The summed E-state index contributed by atoms with van der Waals surface area (Å²) in [7, 11) is 0.850. The number of imidazole rings is 1. The van der Waals surface area contributed by atoms with E-state index in [0.29, 0.717) is 0 Å². The smallest absolute Gasteiger partial charge is 0.276 e. The Labute approximate surface area is 61.1 Å². The molecule has 0 bridgehead atoms. The molecule has 0 aliphatic carbocycles. The van der Waals surface area contributed by atoms with Crippen LogP contribution in [0.3, 0.4) is 0 Å². The third kappa shape index (κ3) is 1.56. The molecule has 0 aromatic carbocycles. The van der Waals surface area contributed by atoms with Crippen molar-refractivity contribution in [2.75, 3.05) is 0 Å². The highest BCUT2D eigenvalue weighted by Crippen LogP contribution is 1.83. The van der Waals surface area contributed by atoms with Gasteiger partial charge in [-0.05, 0) is 6.55 Å². The Morgan fingerprint density at radius 2 is 2.33 bits per heavy atom. The third-order valence-electron chi connectivity index (χ3n) is 1.20. The molecular weight excluding hydrogens is 152 g/mol. The molecule has 0 N–H and O–H groups in total. The molecule has 50 valence electrons. The van der Waals surface area contributed by atoms with Crippen molar-refractivity contribution in [1.29, 1.82) is 0 Å². The predicted molar refractivity (Wildman–Crippen MR) is 39.9 cm³/mol. The summed E-state index contributed by atoms with van der Waals surface area (Å²) in [5.41, 5.74) is 0. The van der Waals surface area contributed by atoms with Gasteiger partial charge in [0.15, 0.2) is 0 Å². The lowest BCUT2D eigenvalue weighted by molar-refractivity contribution is -0.532. The van der Waals surface area contributed by atoms with Crippen molar-refractivity contribution in [3.8, 4) is 0 Å². The van der Waals surface area contributed by atoms with E-state index in [1.807, 2.05) is 30.3 Å². The molecule has 2 nitrogen and oxygen atoms in total. The number of hydrogen-bond acceptors (Lipinski definition) is 0. The molecule has 4 heteroatoms. The molecule has 1 rings (SSSR count). The average Bonchev–Trinajstić information content (AvgIpc) is 2.14. The number of halogens is 1. The maximum Gasteiger partial charge on any atom is 0.344 e. The lowest BCUT2D eigenvalue weighted by atomic mass is 10.9. The molecule has 0 spiro atoms. The summed E-state index contributed by atoms with van der Waals surface area (Å²) in [6, 6.07) is 0. The fraction of sp³-hybridized carbons (Fsp3) is 0.400. The number of nitrogens with zero attached hydrogens (tertiary/aromatic N) is 2. The van der Waals surface area contributed by atoms with Crippen LogP contribution < -0.4 is 4.23 Å². The largest absolute Gasteiger partial charge is 0.344 e. The lowest BCUT2D eigenvalue weighted by Gasteiger charge is -1.90. The molecule has 1 aromatic rings. The van der Waals surface area contributed by atoms with E-state index in [1.165, 1.54) is 0 Å². The van der Waals surface area contributed by atoms with E-state index < -0.39 is 8.27 Å². The Balaban J connectivity index is 2.85. The predicted octanol–water partition coefficient (Wildman–Crippen LogP) is 0.250. The Kier molecular flexibility index (Phi) is 1.93. The van der Waals surface area contributed by atoms with E-state index >= 15 is 0 Å². The zero-order valence-corrected chi connectivity index (χ0v) is 7.49. The van der Waals surface area contributed by atoms with Gasteiger partial charge in [0, 0.05) is 0 Å². The fourth-order valence-electron chi connectivity index (χ4n) is 0.680. The van der Waals surface area contributed by atoms with Gasteiger partial charge in [-0.25, -0.2) is 4.57 Å². The molecular formula is C5H10ClN2Si+. The van der Waals surface area contributed by atoms with Crippen LogP contribution in [-0.2, 0) is 7.05 Å². The van der Waals surface area contributed by atoms with Gasteiger partial charge in [-0.1, -0.05) is 0 Å². The Hall–Kier alpha value is -0.283. The Bertz CT molecular complexity index is 197. The van der Waals surface area contributed by atoms with Crippen LogP contribution in [0, 0.1) is 0 Å². The summed E-state index contributed by atoms with van der Waals surface area (Å²) in [5, 5.41) is 0. The van der Waals surface area contributed by atoms with E-state index in [4.69, 9.17) is 11.1 Å². The van der Waals surface area contributed by atoms with Crippen LogP contribution in [0.2, 0.25) is 6.55 Å². The SMILES string of the molecule is Cn1cc[n+]([SiH](C)Cl)c1. The second kappa shape index (κ2) is 2.54. The first-order chi connectivity index (χ1) is 4.20. The second-order valence-electron chi connectivity index (χ2n) is 2.10. The van der Waals surface area contributed by atoms with Crippen molar-refractivity contribution in [1.82, 2.24) is 4.57 Å². The van der Waals surface area contributed by atoms with Crippen LogP contribution in [0.25, 0.3) is 0 Å². The Morgan fingerprint density at radius 1 is 1.67 bits per heavy atom. The average molecular weight is 162 g/mol. The molecule has 0 aliphatic heterocycles. The highest BCUT2D eigenvalue weighted by atomic mass is 35.6. The van der Waals surface area contributed by atoms with Gasteiger partial charge in [-0.2, -0.15) is 0 Å². The molecule has 1 unspecified atom stereocenters. The minimum atomic E-state index is -1.14. The lowest BCUT2D eigenvalue weighted by Crippen LogP contribution is -2.43. The molecule has 0 amide bonds. The van der Waals surface area contributed by atoms with Gasteiger partial charge >= 0.3 is 8.27 Å². The highest BCUT2D eigenvalue weighted by Gasteiger charge is 2.07. The molecule has 0 fully saturated rings. The van der Waals surface area contributed by atoms with E-state index in [2.05, 4.69) is 10.8 Å². The summed E-state index contributed by atoms with van der Waals surface area (Å²) < 4.78 is 4.06. The fourth-order valence-corrected chi connectivity index (χ4v) is 1.73. The van der Waals surface area contributed by atoms with Gasteiger partial charge in [0.05, 0.1) is 7.05 Å². The highest BCUT2D eigenvalue weighted by molar-refractivity contribution is 7.01. The number of aryl methyl sites for hydroxylation is 1. The molecule has 0 aliphatic rings. The molecule has 9 heavy (non-hydrogen) atoms. The summed E-state index contributed by atoms with van der Waals surface area (Å²) in [5.74, 6) is 0. The topological polar surface area (TPSA) is 8.81 Å². The van der Waals surface area contributed by atoms with Gasteiger partial charge in [0.2, 0.25) is 6.33 Å². The number of hydrogen-bond donors (Lipinski definition) is 0. The maximum atomic E-state index is 5.90. The molecule has 0 radical (unpaired) electrons. The minimum Gasteiger partial charge on any atom is -0.276 e. The van der Waals surface area contributed by atoms with Gasteiger partial charge < -0.3 is 0 Å². The van der Waals surface area contributed by atoms with Crippen LogP contribution in [0.5, 0.6) is 0 Å². The second-order valence-corrected chi connectivity index (χ2v) is 5.74. The number of aromatic nitrogens is 2. The first-order valence-electron chi connectivity index (χ1n) is 2.87. The van der Waals surface area contributed by atoms with E-state index in [0.717, 1.165) is 0 Å². The third-order valence-corrected chi connectivity index (χ3v) is 3.00. The van der Waals surface area contributed by atoms with Crippen LogP contribution in [0.4, 0.5) is 0 Å². The quantitative estimate of drug-likeness (QED) is 0.413. The van der Waals surface area contributed by atoms with Crippen molar-refractivity contribution in [3.63, 3.8) is 0 Å². The molecule has 1 atom stereocenters. The number of rotatable bonds is 1. The zero-order chi connectivity index (χ0) is 6.85. The minimum absolute atomic E-state index is 1.14. The van der Waals surface area contributed by atoms with Crippen molar-refractivity contribution in [2.45, 2.75) is 6.55 Å². The van der Waals surface area contributed by atoms with E-state index in [9.17, 15) is 0 Å². The first-order valence-corrected chi connectivity index (χ1v) is 6.28. The maximum absolute atomic E-state index is 5.90. The monoisotopic (exact) mass is 161 g/mol. The zero-order valence-electron chi connectivity index (χ0n) is 5.58. The standard InChI is InChI=1S/C5H10ClN2Si/c1-7-3-4-8(5-7)9(2)6/h3-5,9H,1-2H3/q+1. The molecule has 0 saturated heterocycles. The normalized spacial score (nSPS) is 13.7. The van der Waals surface area contributed by atoms with E-state index in [1.54, 1.807) is 0 Å². The summed E-state index contributed by atoms with van der Waals surface area (Å²) in [6.45, 7) is 2.07. The van der Waals surface area contributed by atoms with Crippen LogP contribution in [0.1, 0.15) is 0 Å². The van der Waals surface area contributed by atoms with Crippen molar-refractivity contribution in [3.05, 3.63) is 18.7 Å². The van der Waals surface area contributed by atoms with Crippen LogP contribution >= 0.6 is 11.1 Å². The van der Waals surface area contributed by atoms with Crippen molar-refractivity contribution in [2.24, 2.45) is 7.05 Å². The molecule has 1 heterocycles. The van der Waals surface area contributed by atoms with E-state index in [-0.39, 0.29) is 0 Å². The first kappa shape index (κ1) is 6.83. The van der Waals surface area contributed by atoms with Gasteiger partial charge in [-0.3, -0.25) is 4.23 Å². The summed E-state index contributed by atoms with van der Waals surface area (Å²) >= 11 is 5.90. The molecule has 1 aromatic heterocycles. The van der Waals surface area contributed by atoms with Crippen molar-refractivity contribution < 1.29 is 4.23 Å². The summed E-state index contributed by atoms with van der Waals surface area (Å²) in [4.78, 5) is 0. The van der Waals surface area contributed by atoms with Gasteiger partial charge in [-0.15, -0.1) is 11.1 Å². The van der Waals surface area contributed by atoms with Crippen molar-refractivity contribution >= 4 is 19.3 Å². The summed E-state index contributed by atoms with van der Waals surface area (Å²) in [6.07, 6.45) is 6.00. The van der Waals surface area contributed by atoms with Crippen LogP contribution in [-0.4, -0.2) is 12.8 Å². The van der Waals surface area contributed by atoms with Crippen LogP contribution in [0.15, 0.2) is 18.7 Å². The van der Waals surface area contributed by atoms with Gasteiger partial charge in [0.1, 0.15) is 12.4 Å². The van der Waals surface area contributed by atoms with Gasteiger partial charge in [0.25, 0.3) is 0 Å². The Morgan fingerprint density at radius 3 is 2.56 bits per heavy atom.